The van der Waals surface area contributed by atoms with Gasteiger partial charge in [-0.25, -0.2) is 0 Å². The van der Waals surface area contributed by atoms with Crippen molar-refractivity contribution in [1.82, 2.24) is 54.3 Å². The number of rotatable bonds is 13. The number of likely N-dealkylation sites (tertiary alicyclic amines) is 5. The SMILES string of the molecule is CC(C)C(=O)NC1CCN(C)CC1.CC(C)N(C)CCO.CC(C)N1CCC(C)(O)CC1.CC(C)N1CCC(CCO)CC1.CC(C)N1CCC(N2CCN(C)CC2)CC1.CC(C)N1CCC(O)CC1.CC(C)N1CCN(C)CC1. The normalized spacial score (nSPS) is 22.9. The summed E-state index contributed by atoms with van der Waals surface area (Å²) in [6, 6.07) is 5.25. The molecule has 7 heterocycles. The summed E-state index contributed by atoms with van der Waals surface area (Å²) in [5.74, 6) is 1.08. The Hall–Kier alpha value is -1.09. The predicted molar refractivity (Wildman–Crippen MR) is 341 cm³/mol. The van der Waals surface area contributed by atoms with E-state index in [1.807, 2.05) is 27.8 Å². The number of carbonyl (C=O) groups is 1. The Morgan fingerprint density at radius 1 is 0.500 bits per heavy atom. The molecule has 0 unspecified atom stereocenters. The molecule has 16 heteroatoms. The second-order valence-corrected chi connectivity index (χ2v) is 27.2. The lowest BCUT2D eigenvalue weighted by Crippen LogP contribution is -2.53. The maximum atomic E-state index is 11.4. The molecule has 16 nitrogen and oxygen atoms in total. The van der Waals surface area contributed by atoms with E-state index in [2.05, 4.69) is 159 Å². The van der Waals surface area contributed by atoms with Gasteiger partial charge < -0.3 is 64.9 Å². The fourth-order valence-electron chi connectivity index (χ4n) is 11.1. The number of likely N-dealkylation sites (N-methyl/N-ethyl adjacent to an activating group) is 3. The maximum Gasteiger partial charge on any atom is 0.222 e. The molecule has 0 spiro atoms. The fraction of sp³-hybridized carbons (Fsp3) is 0.984. The topological polar surface area (TPSA) is 142 Å². The van der Waals surface area contributed by atoms with E-state index >= 15 is 0 Å². The summed E-state index contributed by atoms with van der Waals surface area (Å²) in [5.41, 5.74) is -0.397. The highest BCUT2D eigenvalue weighted by Crippen LogP contribution is 2.23. The minimum atomic E-state index is -0.397. The molecule has 0 radical (unpaired) electrons. The molecule has 0 saturated carbocycles. The van der Waals surface area contributed by atoms with Gasteiger partial charge in [-0.3, -0.25) is 14.6 Å². The molecule has 7 saturated heterocycles. The molecule has 7 aliphatic heterocycles. The van der Waals surface area contributed by atoms with Crippen LogP contribution in [0.1, 0.15) is 174 Å². The van der Waals surface area contributed by atoms with Gasteiger partial charge in [-0.1, -0.05) is 13.8 Å². The first-order valence-corrected chi connectivity index (χ1v) is 32.7. The monoisotopic (exact) mass is 1140 g/mol. The summed E-state index contributed by atoms with van der Waals surface area (Å²) in [5, 5.41) is 39.1. The average molecular weight is 1140 g/mol. The Labute approximate surface area is 495 Å². The van der Waals surface area contributed by atoms with Gasteiger partial charge in [0.25, 0.3) is 0 Å². The third-order valence-corrected chi connectivity index (χ3v) is 18.2. The van der Waals surface area contributed by atoms with E-state index in [9.17, 15) is 15.0 Å². The Bertz CT molecular complexity index is 1430. The van der Waals surface area contributed by atoms with Gasteiger partial charge in [0.05, 0.1) is 18.3 Å². The van der Waals surface area contributed by atoms with Crippen LogP contribution < -0.4 is 5.32 Å². The number of aliphatic hydroxyl groups is 4. The van der Waals surface area contributed by atoms with Crippen LogP contribution in [-0.2, 0) is 4.79 Å². The first kappa shape index (κ1) is 76.9. The van der Waals surface area contributed by atoms with Gasteiger partial charge in [0.2, 0.25) is 5.91 Å². The Balaban J connectivity index is 0.000000471. The average Bonchev–Trinajstić information content (AvgIpc) is 3.41. The van der Waals surface area contributed by atoms with Crippen molar-refractivity contribution >= 4 is 5.91 Å². The molecule has 0 aliphatic carbocycles. The highest BCUT2D eigenvalue weighted by Gasteiger charge is 2.29. The van der Waals surface area contributed by atoms with Crippen molar-refractivity contribution in [2.24, 2.45) is 11.8 Å². The lowest BCUT2D eigenvalue weighted by Gasteiger charge is -2.43. The third kappa shape index (κ3) is 34.8. The Kier molecular flexibility index (Phi) is 41.0. The zero-order valence-electron chi connectivity index (χ0n) is 56.1. The second kappa shape index (κ2) is 42.7. The van der Waals surface area contributed by atoms with Crippen LogP contribution in [0.25, 0.3) is 0 Å². The molecule has 0 bridgehead atoms. The predicted octanol–water partition coefficient (Wildman–Crippen LogP) is 6.50. The van der Waals surface area contributed by atoms with Gasteiger partial charge >= 0.3 is 0 Å². The number of amides is 1. The number of nitrogens with zero attached hydrogens (tertiary/aromatic N) is 10. The molecule has 1 amide bonds. The van der Waals surface area contributed by atoms with Crippen LogP contribution in [0.15, 0.2) is 0 Å². The second-order valence-electron chi connectivity index (χ2n) is 27.2. The highest BCUT2D eigenvalue weighted by molar-refractivity contribution is 5.78. The van der Waals surface area contributed by atoms with Crippen LogP contribution >= 0.6 is 0 Å². The first-order chi connectivity index (χ1) is 37.6. The van der Waals surface area contributed by atoms with Crippen LogP contribution in [0, 0.1) is 11.8 Å². The number of piperidine rings is 5. The molecule has 7 rings (SSSR count). The van der Waals surface area contributed by atoms with Crippen LogP contribution in [0.5, 0.6) is 0 Å². The smallest absolute Gasteiger partial charge is 0.222 e. The fourth-order valence-corrected chi connectivity index (χ4v) is 11.1. The van der Waals surface area contributed by atoms with Crippen molar-refractivity contribution in [2.75, 3.05) is 166 Å². The van der Waals surface area contributed by atoms with Gasteiger partial charge in [-0.05, 0) is 234 Å². The van der Waals surface area contributed by atoms with Crippen LogP contribution in [-0.4, -0.2) is 301 Å². The molecule has 0 atom stereocenters. The molecule has 7 aliphatic rings. The summed E-state index contributed by atoms with van der Waals surface area (Å²) >= 11 is 0. The minimum Gasteiger partial charge on any atom is -0.396 e. The largest absolute Gasteiger partial charge is 0.396 e. The number of nitrogens with one attached hydrogen (secondary N) is 1. The van der Waals surface area contributed by atoms with E-state index in [4.69, 9.17) is 10.2 Å². The zero-order valence-corrected chi connectivity index (χ0v) is 56.1. The number of hydrogen-bond donors (Lipinski definition) is 5. The quantitative estimate of drug-likeness (QED) is 0.137. The van der Waals surface area contributed by atoms with Crippen molar-refractivity contribution < 1.29 is 25.2 Å². The van der Waals surface area contributed by atoms with Gasteiger partial charge in [-0.15, -0.1) is 0 Å². The number of hydrogen-bond acceptors (Lipinski definition) is 15. The summed E-state index contributed by atoms with van der Waals surface area (Å²) in [4.78, 5) is 35.8. The summed E-state index contributed by atoms with van der Waals surface area (Å²) in [6.07, 6.45) is 12.2. The highest BCUT2D eigenvalue weighted by atomic mass is 16.3. The minimum absolute atomic E-state index is 0.0324. The summed E-state index contributed by atoms with van der Waals surface area (Å²) in [7, 11) is 8.55. The van der Waals surface area contributed by atoms with Gasteiger partial charge in [0.1, 0.15) is 0 Å². The summed E-state index contributed by atoms with van der Waals surface area (Å²) < 4.78 is 0. The third-order valence-electron chi connectivity index (χ3n) is 18.2. The number of piperazine rings is 2. The molecule has 0 aromatic heterocycles. The molecule has 7 fully saturated rings. The molecular formula is C64H137N11O5. The molecule has 0 aromatic carbocycles. The molecular weight excluding hydrogens is 1000 g/mol. The molecule has 478 valence electrons. The molecule has 0 aromatic rings. The van der Waals surface area contributed by atoms with E-state index in [0.29, 0.717) is 36.8 Å². The first-order valence-electron chi connectivity index (χ1n) is 32.7. The van der Waals surface area contributed by atoms with E-state index in [0.717, 1.165) is 115 Å². The molecule has 80 heavy (non-hydrogen) atoms. The van der Waals surface area contributed by atoms with E-state index < -0.39 is 5.60 Å². The number of carbonyl (C=O) groups excluding carboxylic acids is 1. The van der Waals surface area contributed by atoms with Crippen LogP contribution in [0.2, 0.25) is 0 Å². The van der Waals surface area contributed by atoms with Crippen molar-refractivity contribution in [2.45, 2.75) is 235 Å². The van der Waals surface area contributed by atoms with Crippen molar-refractivity contribution in [3.05, 3.63) is 0 Å². The van der Waals surface area contributed by atoms with Crippen molar-refractivity contribution in [3.8, 4) is 0 Å². The Morgan fingerprint density at radius 2 is 0.863 bits per heavy atom. The van der Waals surface area contributed by atoms with Crippen LogP contribution in [0.3, 0.4) is 0 Å². The van der Waals surface area contributed by atoms with Crippen LogP contribution in [0.4, 0.5) is 0 Å². The van der Waals surface area contributed by atoms with E-state index in [-0.39, 0.29) is 24.5 Å². The van der Waals surface area contributed by atoms with Gasteiger partial charge in [-0.2, -0.15) is 0 Å². The lowest BCUT2D eigenvalue weighted by molar-refractivity contribution is -0.125. The molecule has 5 N–H and O–H groups in total. The number of aliphatic hydroxyl groups excluding tert-OH is 3. The van der Waals surface area contributed by atoms with E-state index in [1.165, 1.54) is 104 Å². The lowest BCUT2D eigenvalue weighted by atomic mass is 9.93. The standard InChI is InChI=1S/C13H27N3.C10H20N2O.C10H21NO.C9H19NO.C8H18N2.C8H17NO.C6H15NO/c1-12(2)15-6-4-13(5-7-15)16-10-8-14(3)9-11-16;1-8(2)10(13)11-9-4-6-12(3)7-5-9;1-9(2)11-6-3-10(4-7-11)5-8-12;1-8(2)10-6-4-9(3,11)5-7-10;1-8(2)10-6-4-9(3)5-7-10;1-7(2)9-5-3-8(10)4-6-9;1-6(2)7(3)4-5-8/h12-13H,4-11H2,1-3H3;8-9H,4-7H2,1-3H3,(H,11,13);9-10,12H,3-8H2,1-2H3;8,11H,4-7H2,1-3H3;8H,4-7H2,1-3H3;7-8,10H,3-6H2,1-2H3;6,8H,4-5H2,1-3H3. The maximum absolute atomic E-state index is 11.4. The van der Waals surface area contributed by atoms with Crippen molar-refractivity contribution in [3.63, 3.8) is 0 Å². The zero-order chi connectivity index (χ0) is 60.5. The van der Waals surface area contributed by atoms with Gasteiger partial charge in [0.15, 0.2) is 0 Å². The van der Waals surface area contributed by atoms with Gasteiger partial charge in [0, 0.05) is 146 Å². The van der Waals surface area contributed by atoms with E-state index in [1.54, 1.807) is 0 Å². The summed E-state index contributed by atoms with van der Waals surface area (Å²) in [6.45, 7) is 55.4. The van der Waals surface area contributed by atoms with Crippen molar-refractivity contribution in [1.29, 1.82) is 0 Å². The Morgan fingerprint density at radius 3 is 1.23 bits per heavy atom.